The first-order valence-corrected chi connectivity index (χ1v) is 16.8. The second-order valence-electron chi connectivity index (χ2n) is 13.0. The fourth-order valence-electron chi connectivity index (χ4n) is 6.71. The van der Waals surface area contributed by atoms with Crippen molar-refractivity contribution < 1.29 is 23.9 Å². The molecule has 1 saturated carbocycles. The van der Waals surface area contributed by atoms with Gasteiger partial charge in [-0.1, -0.05) is 43.2 Å². The van der Waals surface area contributed by atoms with Gasteiger partial charge in [-0.2, -0.15) is 5.10 Å². The molecule has 13 heteroatoms. The molecule has 2 aromatic heterocycles. The number of likely N-dealkylation sites (N-methyl/N-ethyl adjacent to an activating group) is 1. The number of nitrogens with one attached hydrogen (secondary N) is 4. The number of methoxy groups -OCH3 is 2. The number of aromatic amines is 1. The topological polar surface area (TPSA) is 152 Å². The number of hydrogen-bond acceptors (Lipinski definition) is 7. The van der Waals surface area contributed by atoms with Crippen LogP contribution in [0.4, 0.5) is 0 Å². The van der Waals surface area contributed by atoms with Gasteiger partial charge in [-0.3, -0.25) is 19.1 Å². The van der Waals surface area contributed by atoms with Crippen molar-refractivity contribution in [3.63, 3.8) is 0 Å². The third kappa shape index (κ3) is 7.06. The smallest absolute Gasteiger partial charge is 0.270 e. The Bertz CT molecular complexity index is 1690. The maximum absolute atomic E-state index is 14.0. The fraction of sp³-hybridized carbons (Fsp3) is 0.514. The van der Waals surface area contributed by atoms with E-state index in [1.54, 1.807) is 40.5 Å². The van der Waals surface area contributed by atoms with Gasteiger partial charge in [-0.05, 0) is 68.4 Å². The number of carbonyl (C=O) groups excluding carboxylic acids is 3. The molecule has 0 spiro atoms. The molecule has 5 unspecified atom stereocenters. The van der Waals surface area contributed by atoms with E-state index in [9.17, 15) is 14.4 Å². The number of ether oxygens (including phenoxy) is 2. The van der Waals surface area contributed by atoms with Gasteiger partial charge in [0.25, 0.3) is 5.91 Å². The number of imidazole rings is 1. The van der Waals surface area contributed by atoms with Crippen molar-refractivity contribution in [3.05, 3.63) is 70.8 Å². The third-order valence-corrected chi connectivity index (χ3v) is 10.1. The number of H-pyrrole nitrogens is 1. The quantitative estimate of drug-likeness (QED) is 0.201. The first-order chi connectivity index (χ1) is 23.0. The fourth-order valence-corrected chi connectivity index (χ4v) is 7.10. The van der Waals surface area contributed by atoms with E-state index in [0.717, 1.165) is 19.3 Å². The summed E-state index contributed by atoms with van der Waals surface area (Å²) >= 11 is 6.76. The summed E-state index contributed by atoms with van der Waals surface area (Å²) in [5.74, 6) is -0.492. The molecule has 1 fully saturated rings. The van der Waals surface area contributed by atoms with Crippen LogP contribution in [-0.2, 0) is 31.5 Å². The van der Waals surface area contributed by atoms with Crippen molar-refractivity contribution in [1.29, 1.82) is 0 Å². The zero-order valence-electron chi connectivity index (χ0n) is 28.4. The monoisotopic (exact) mass is 679 g/mol. The predicted octanol–water partition coefficient (Wildman–Crippen LogP) is 4.05. The van der Waals surface area contributed by atoms with E-state index in [2.05, 4.69) is 39.0 Å². The Balaban J connectivity index is 1.51. The van der Waals surface area contributed by atoms with Gasteiger partial charge < -0.3 is 30.4 Å². The molecule has 3 aromatic rings. The maximum atomic E-state index is 14.0. The molecule has 5 rings (SSSR count). The summed E-state index contributed by atoms with van der Waals surface area (Å²) in [7, 11) is 4.84. The van der Waals surface area contributed by atoms with Crippen molar-refractivity contribution in [2.75, 3.05) is 27.4 Å². The number of nitrogens with zero attached hydrogens (tertiary/aromatic N) is 3. The number of carbonyl (C=O) groups is 3. The Morgan fingerprint density at radius 1 is 1.19 bits per heavy atom. The van der Waals surface area contributed by atoms with Crippen molar-refractivity contribution in [3.8, 4) is 0 Å². The molecule has 12 nitrogen and oxygen atoms in total. The summed E-state index contributed by atoms with van der Waals surface area (Å²) in [6, 6.07) is 5.85. The highest BCUT2D eigenvalue weighted by Gasteiger charge is 2.42. The van der Waals surface area contributed by atoms with E-state index < -0.39 is 23.6 Å². The molecule has 2 aliphatic carbocycles. The summed E-state index contributed by atoms with van der Waals surface area (Å²) in [6.45, 7) is 6.29. The number of aryl methyl sites for hydroxylation is 1. The summed E-state index contributed by atoms with van der Waals surface area (Å²) in [5.41, 5.74) is 1.22. The van der Waals surface area contributed by atoms with E-state index >= 15 is 0 Å². The first-order valence-electron chi connectivity index (χ1n) is 16.5. The van der Waals surface area contributed by atoms with Crippen LogP contribution >= 0.6 is 11.6 Å². The van der Waals surface area contributed by atoms with Crippen molar-refractivity contribution >= 4 is 40.4 Å². The van der Waals surface area contributed by atoms with Crippen molar-refractivity contribution in [2.24, 2.45) is 24.8 Å². The first kappa shape index (κ1) is 35.3. The summed E-state index contributed by atoms with van der Waals surface area (Å²) in [4.78, 5) is 48.8. The molecule has 1 aromatic carbocycles. The van der Waals surface area contributed by atoms with E-state index in [-0.39, 0.29) is 42.1 Å². The summed E-state index contributed by atoms with van der Waals surface area (Å²) in [5, 5.41) is 13.8. The highest BCUT2D eigenvalue weighted by molar-refractivity contribution is 6.30. The highest BCUT2D eigenvalue weighted by atomic mass is 35.5. The van der Waals surface area contributed by atoms with Gasteiger partial charge in [0.1, 0.15) is 23.6 Å². The molecule has 2 heterocycles. The Morgan fingerprint density at radius 3 is 2.56 bits per heavy atom. The molecule has 48 heavy (non-hydrogen) atoms. The van der Waals surface area contributed by atoms with Gasteiger partial charge >= 0.3 is 0 Å². The number of hydrogen-bond donors (Lipinski definition) is 4. The maximum Gasteiger partial charge on any atom is 0.270 e. The Kier molecular flexibility index (Phi) is 11.1. The largest absolute Gasteiger partial charge is 0.383 e. The van der Waals surface area contributed by atoms with E-state index in [0.29, 0.717) is 39.7 Å². The number of halogens is 1. The van der Waals surface area contributed by atoms with Crippen LogP contribution in [0.3, 0.4) is 0 Å². The minimum Gasteiger partial charge on any atom is -0.383 e. The minimum absolute atomic E-state index is 0.0240. The van der Waals surface area contributed by atoms with E-state index in [1.807, 2.05) is 37.3 Å². The molecule has 258 valence electrons. The number of aromatic nitrogens is 4. The number of rotatable bonds is 14. The van der Waals surface area contributed by atoms with Crippen LogP contribution < -0.4 is 16.0 Å². The number of benzene rings is 1. The van der Waals surface area contributed by atoms with Gasteiger partial charge in [0.15, 0.2) is 0 Å². The average molecular weight is 680 g/mol. The zero-order valence-corrected chi connectivity index (χ0v) is 29.1. The Hall–Kier alpha value is -4.00. The van der Waals surface area contributed by atoms with Gasteiger partial charge in [-0.15, -0.1) is 0 Å². The zero-order chi connectivity index (χ0) is 34.6. The third-order valence-electron chi connectivity index (χ3n) is 9.76. The number of allylic oxidation sites excluding steroid dienone is 3. The van der Waals surface area contributed by atoms with Crippen LogP contribution in [0.1, 0.15) is 68.0 Å². The molecule has 0 radical (unpaired) electrons. The van der Waals surface area contributed by atoms with Crippen LogP contribution in [0.15, 0.2) is 53.7 Å². The van der Waals surface area contributed by atoms with Crippen molar-refractivity contribution in [1.82, 2.24) is 35.7 Å². The van der Waals surface area contributed by atoms with Crippen LogP contribution in [0.2, 0.25) is 0 Å². The van der Waals surface area contributed by atoms with Crippen LogP contribution in [0, 0.1) is 17.8 Å². The van der Waals surface area contributed by atoms with E-state index in [4.69, 9.17) is 26.1 Å². The molecule has 0 saturated heterocycles. The molecule has 4 N–H and O–H groups in total. The van der Waals surface area contributed by atoms with Crippen LogP contribution in [-0.4, -0.2) is 77.0 Å². The number of fused-ring (bicyclic) bond motifs is 1. The standard InChI is InChI=1S/C35H46ClN7O5/c1-7-37-33(45)28(21-11-9-12-21)42-34(46)35(3,19-47-5)22-14-15-24-25(18-22)40-31(39-24)29(41-32(44)26-16-17-38-43(26)4)30(48-6)27-20(2)10-8-13-23(27)36/h8,10,13-18,20-21,27-30H,7,9,11-12,19H2,1-6H3,(H,37,45)(H,39,40)(H,41,44)(H,42,46)/t20?,27?,28-,29?,30?,35?/m1/s1. The lowest BCUT2D eigenvalue weighted by Gasteiger charge is -2.36. The molecule has 2 aliphatic rings. The predicted molar refractivity (Wildman–Crippen MR) is 183 cm³/mol. The minimum atomic E-state index is -1.12. The lowest BCUT2D eigenvalue weighted by Crippen LogP contribution is -2.57. The van der Waals surface area contributed by atoms with Crippen LogP contribution in [0.25, 0.3) is 11.0 Å². The molecular formula is C35H46ClN7O5. The second-order valence-corrected chi connectivity index (χ2v) is 13.4. The molecule has 6 atom stereocenters. The van der Waals surface area contributed by atoms with Gasteiger partial charge in [0.05, 0.1) is 29.2 Å². The lowest BCUT2D eigenvalue weighted by atomic mass is 9.77. The summed E-state index contributed by atoms with van der Waals surface area (Å²) < 4.78 is 13.1. The van der Waals surface area contributed by atoms with Gasteiger partial charge in [-0.25, -0.2) is 4.98 Å². The SMILES string of the molecule is CCNC(=O)[C@H](NC(=O)C(C)(COC)c1ccc2[nH]c(C(NC(=O)c3ccnn3C)C(OC)C3C(Cl)=CC=CC3C)nc2c1)C1CCC1. The molecule has 3 amide bonds. The molecular weight excluding hydrogens is 634 g/mol. The molecule has 0 aliphatic heterocycles. The normalized spacial score (nSPS) is 21.0. The average Bonchev–Trinajstić information content (AvgIpc) is 3.66. The second kappa shape index (κ2) is 15.0. The molecule has 0 bridgehead atoms. The van der Waals surface area contributed by atoms with Gasteiger partial charge in [0, 0.05) is 45.0 Å². The Labute approximate surface area is 286 Å². The van der Waals surface area contributed by atoms with E-state index in [1.165, 1.54) is 4.68 Å². The lowest BCUT2D eigenvalue weighted by molar-refractivity contribution is -0.135. The van der Waals surface area contributed by atoms with Gasteiger partial charge in [0.2, 0.25) is 11.8 Å². The number of amides is 3. The summed E-state index contributed by atoms with van der Waals surface area (Å²) in [6.07, 6.45) is 9.60. The highest BCUT2D eigenvalue weighted by Crippen LogP contribution is 2.38. The Morgan fingerprint density at radius 2 is 1.96 bits per heavy atom. The van der Waals surface area contributed by atoms with Crippen LogP contribution in [0.5, 0.6) is 0 Å². The van der Waals surface area contributed by atoms with Crippen molar-refractivity contribution in [2.45, 2.75) is 63.6 Å².